The van der Waals surface area contributed by atoms with Gasteiger partial charge >= 0.3 is 0 Å². The molecule has 0 saturated heterocycles. The van der Waals surface area contributed by atoms with E-state index in [9.17, 15) is 0 Å². The average Bonchev–Trinajstić information content (AvgIpc) is 3.05. The number of benzene rings is 1. The Hall–Kier alpha value is -1.13. The Morgan fingerprint density at radius 2 is 2.22 bits per heavy atom. The van der Waals surface area contributed by atoms with Crippen molar-refractivity contribution in [1.29, 1.82) is 0 Å². The highest BCUT2D eigenvalue weighted by atomic mass is 79.9. The third-order valence-electron chi connectivity index (χ3n) is 3.20. The highest BCUT2D eigenvalue weighted by Gasteiger charge is 2.20. The predicted octanol–water partition coefficient (Wildman–Crippen LogP) is 3.20. The first kappa shape index (κ1) is 11.9. The fourth-order valence-corrected chi connectivity index (χ4v) is 2.48. The van der Waals surface area contributed by atoms with Crippen molar-refractivity contribution in [1.82, 2.24) is 15.1 Å². The van der Waals surface area contributed by atoms with Crippen molar-refractivity contribution in [3.05, 3.63) is 46.2 Å². The van der Waals surface area contributed by atoms with Gasteiger partial charge in [0, 0.05) is 23.3 Å². The van der Waals surface area contributed by atoms with E-state index in [1.807, 2.05) is 16.9 Å². The molecule has 1 aliphatic carbocycles. The summed E-state index contributed by atoms with van der Waals surface area (Å²) in [6.45, 7) is 2.97. The Labute approximate surface area is 115 Å². The second kappa shape index (κ2) is 4.86. The van der Waals surface area contributed by atoms with Gasteiger partial charge in [0.2, 0.25) is 0 Å². The minimum atomic E-state index is 0.726. The maximum Gasteiger partial charge on any atom is 0.0766 e. The van der Waals surface area contributed by atoms with E-state index in [-0.39, 0.29) is 0 Å². The summed E-state index contributed by atoms with van der Waals surface area (Å²) in [7, 11) is 0. The van der Waals surface area contributed by atoms with E-state index in [0.29, 0.717) is 0 Å². The van der Waals surface area contributed by atoms with Crippen molar-refractivity contribution in [3.8, 4) is 5.69 Å². The van der Waals surface area contributed by atoms with E-state index in [1.54, 1.807) is 0 Å². The van der Waals surface area contributed by atoms with E-state index in [0.717, 1.165) is 28.4 Å². The molecule has 0 aliphatic heterocycles. The molecular weight excluding hydrogens is 290 g/mol. The van der Waals surface area contributed by atoms with Gasteiger partial charge in [-0.15, -0.1) is 0 Å². The van der Waals surface area contributed by atoms with Gasteiger partial charge in [0.15, 0.2) is 0 Å². The Balaban J connectivity index is 1.78. The second-order valence-electron chi connectivity index (χ2n) is 4.84. The van der Waals surface area contributed by atoms with Crippen LogP contribution in [0.1, 0.15) is 24.1 Å². The van der Waals surface area contributed by atoms with Crippen LogP contribution in [0.2, 0.25) is 0 Å². The molecule has 0 bridgehead atoms. The highest BCUT2D eigenvalue weighted by molar-refractivity contribution is 9.10. The summed E-state index contributed by atoms with van der Waals surface area (Å²) in [6.07, 6.45) is 4.65. The van der Waals surface area contributed by atoms with Crippen LogP contribution in [0, 0.1) is 6.92 Å². The molecule has 1 aromatic heterocycles. The SMILES string of the molecule is Cc1cc(Br)ccc1-n1ccc(CNC2CC2)n1. The van der Waals surface area contributed by atoms with Gasteiger partial charge in [-0.2, -0.15) is 5.10 Å². The lowest BCUT2D eigenvalue weighted by Gasteiger charge is -2.06. The standard InChI is InChI=1S/C14H16BrN3/c1-10-8-11(15)2-5-14(10)18-7-6-13(17-18)9-16-12-3-4-12/h2,5-8,12,16H,3-4,9H2,1H3. The van der Waals surface area contributed by atoms with Gasteiger partial charge in [0.05, 0.1) is 11.4 Å². The maximum atomic E-state index is 4.61. The van der Waals surface area contributed by atoms with Crippen molar-refractivity contribution in [2.75, 3.05) is 0 Å². The first-order valence-electron chi connectivity index (χ1n) is 6.27. The van der Waals surface area contributed by atoms with Gasteiger partial charge in [0.1, 0.15) is 0 Å². The molecule has 1 heterocycles. The lowest BCUT2D eigenvalue weighted by atomic mass is 10.2. The van der Waals surface area contributed by atoms with Gasteiger partial charge in [-0.1, -0.05) is 15.9 Å². The summed E-state index contributed by atoms with van der Waals surface area (Å²) in [5.74, 6) is 0. The Bertz CT molecular complexity index is 558. The Morgan fingerprint density at radius 1 is 1.39 bits per heavy atom. The smallest absolute Gasteiger partial charge is 0.0766 e. The van der Waals surface area contributed by atoms with Crippen molar-refractivity contribution >= 4 is 15.9 Å². The number of aromatic nitrogens is 2. The van der Waals surface area contributed by atoms with Crippen LogP contribution < -0.4 is 5.32 Å². The molecule has 1 saturated carbocycles. The van der Waals surface area contributed by atoms with Gasteiger partial charge < -0.3 is 5.32 Å². The van der Waals surface area contributed by atoms with Crippen molar-refractivity contribution < 1.29 is 0 Å². The van der Waals surface area contributed by atoms with Gasteiger partial charge in [-0.25, -0.2) is 4.68 Å². The molecule has 94 valence electrons. The molecule has 1 aliphatic rings. The molecule has 1 N–H and O–H groups in total. The highest BCUT2D eigenvalue weighted by Crippen LogP contribution is 2.20. The van der Waals surface area contributed by atoms with E-state index < -0.39 is 0 Å². The maximum absolute atomic E-state index is 4.61. The van der Waals surface area contributed by atoms with Crippen LogP contribution in [0.15, 0.2) is 34.9 Å². The molecule has 0 unspecified atom stereocenters. The summed E-state index contributed by atoms with van der Waals surface area (Å²) in [6, 6.07) is 9.05. The molecule has 18 heavy (non-hydrogen) atoms. The van der Waals surface area contributed by atoms with E-state index >= 15 is 0 Å². The lowest BCUT2D eigenvalue weighted by molar-refractivity contribution is 0.664. The Morgan fingerprint density at radius 3 is 2.94 bits per heavy atom. The van der Waals surface area contributed by atoms with Crippen LogP contribution in [-0.4, -0.2) is 15.8 Å². The van der Waals surface area contributed by atoms with E-state index in [1.165, 1.54) is 18.4 Å². The average molecular weight is 306 g/mol. The normalized spacial score (nSPS) is 15.0. The number of rotatable bonds is 4. The van der Waals surface area contributed by atoms with Crippen LogP contribution in [0.3, 0.4) is 0 Å². The van der Waals surface area contributed by atoms with Gasteiger partial charge in [-0.05, 0) is 49.6 Å². The monoisotopic (exact) mass is 305 g/mol. The predicted molar refractivity (Wildman–Crippen MR) is 75.9 cm³/mol. The molecule has 0 spiro atoms. The Kier molecular flexibility index (Phi) is 3.22. The van der Waals surface area contributed by atoms with E-state index in [4.69, 9.17) is 0 Å². The molecule has 4 heteroatoms. The number of nitrogens with one attached hydrogen (secondary N) is 1. The number of halogens is 1. The molecule has 0 amide bonds. The number of aryl methyl sites for hydroxylation is 1. The second-order valence-corrected chi connectivity index (χ2v) is 5.75. The molecule has 3 rings (SSSR count). The molecular formula is C14H16BrN3. The van der Waals surface area contributed by atoms with E-state index in [2.05, 4.69) is 51.5 Å². The van der Waals surface area contributed by atoms with Crippen LogP contribution in [0.25, 0.3) is 5.69 Å². The van der Waals surface area contributed by atoms with Gasteiger partial charge in [0.25, 0.3) is 0 Å². The van der Waals surface area contributed by atoms with Crippen molar-refractivity contribution in [2.24, 2.45) is 0 Å². The summed E-state index contributed by atoms with van der Waals surface area (Å²) in [5.41, 5.74) is 3.45. The number of nitrogens with zero attached hydrogens (tertiary/aromatic N) is 2. The molecule has 1 aromatic carbocycles. The minimum Gasteiger partial charge on any atom is -0.308 e. The summed E-state index contributed by atoms with van der Waals surface area (Å²) < 4.78 is 3.05. The molecule has 0 atom stereocenters. The van der Waals surface area contributed by atoms with Crippen molar-refractivity contribution in [2.45, 2.75) is 32.4 Å². The quantitative estimate of drug-likeness (QED) is 0.940. The third-order valence-corrected chi connectivity index (χ3v) is 3.69. The largest absolute Gasteiger partial charge is 0.308 e. The molecule has 3 nitrogen and oxygen atoms in total. The van der Waals surface area contributed by atoms with Crippen LogP contribution in [0.4, 0.5) is 0 Å². The molecule has 2 aromatic rings. The molecule has 1 fully saturated rings. The minimum absolute atomic E-state index is 0.726. The molecule has 0 radical (unpaired) electrons. The third kappa shape index (κ3) is 2.65. The van der Waals surface area contributed by atoms with Crippen LogP contribution in [0.5, 0.6) is 0 Å². The fraction of sp³-hybridized carbons (Fsp3) is 0.357. The topological polar surface area (TPSA) is 29.9 Å². The summed E-state index contributed by atoms with van der Waals surface area (Å²) in [5, 5.41) is 8.09. The summed E-state index contributed by atoms with van der Waals surface area (Å²) in [4.78, 5) is 0. The lowest BCUT2D eigenvalue weighted by Crippen LogP contribution is -2.15. The first-order valence-corrected chi connectivity index (χ1v) is 7.06. The van der Waals surface area contributed by atoms with Crippen molar-refractivity contribution in [3.63, 3.8) is 0 Å². The van der Waals surface area contributed by atoms with Gasteiger partial charge in [-0.3, -0.25) is 0 Å². The zero-order valence-corrected chi connectivity index (χ0v) is 11.9. The zero-order valence-electron chi connectivity index (χ0n) is 10.4. The first-order chi connectivity index (χ1) is 8.72. The number of hydrogen-bond acceptors (Lipinski definition) is 2. The van der Waals surface area contributed by atoms with Crippen LogP contribution >= 0.6 is 15.9 Å². The fourth-order valence-electron chi connectivity index (χ4n) is 2.00. The summed E-state index contributed by atoms with van der Waals surface area (Å²) >= 11 is 3.48. The van der Waals surface area contributed by atoms with Crippen LogP contribution in [-0.2, 0) is 6.54 Å². The number of hydrogen-bond donors (Lipinski definition) is 1. The zero-order chi connectivity index (χ0) is 12.5.